The van der Waals surface area contributed by atoms with Crippen molar-refractivity contribution >= 4 is 46.7 Å². The summed E-state index contributed by atoms with van der Waals surface area (Å²) in [5.41, 5.74) is 3.42. The van der Waals surface area contributed by atoms with Crippen LogP contribution in [0.3, 0.4) is 0 Å². The number of benzene rings is 1. The Morgan fingerprint density at radius 3 is 2.90 bits per heavy atom. The topological polar surface area (TPSA) is 49.6 Å². The fraction of sp³-hybridized carbons (Fsp3) is 0.143. The molecule has 0 amide bonds. The van der Waals surface area contributed by atoms with Gasteiger partial charge < -0.3 is 9.73 Å². The molecule has 0 aliphatic rings. The molecule has 0 bridgehead atoms. The summed E-state index contributed by atoms with van der Waals surface area (Å²) in [6.45, 7) is 2.69. The zero-order valence-electron chi connectivity index (χ0n) is 11.2. The van der Waals surface area contributed by atoms with Gasteiger partial charge in [-0.15, -0.1) is 0 Å². The second-order valence-corrected chi connectivity index (χ2v) is 5.23. The summed E-state index contributed by atoms with van der Waals surface area (Å²) in [6.07, 6.45) is 1.53. The van der Waals surface area contributed by atoms with E-state index in [4.69, 9.17) is 39.8 Å². The maximum absolute atomic E-state index is 6.15. The Bertz CT molecular complexity index is 670. The molecule has 0 atom stereocenters. The molecule has 0 radical (unpaired) electrons. The van der Waals surface area contributed by atoms with E-state index in [0.29, 0.717) is 26.7 Å². The van der Waals surface area contributed by atoms with Crippen LogP contribution in [0.5, 0.6) is 0 Å². The van der Waals surface area contributed by atoms with Crippen molar-refractivity contribution < 1.29 is 4.42 Å². The van der Waals surface area contributed by atoms with Crippen molar-refractivity contribution in [2.24, 2.45) is 5.10 Å². The SMILES string of the molecule is CCNC(=S)N/N=C/c1ccc(-c2cccc(Cl)c2Cl)o1. The summed E-state index contributed by atoms with van der Waals surface area (Å²) in [5, 5.41) is 8.30. The number of halogens is 2. The van der Waals surface area contributed by atoms with E-state index in [2.05, 4.69) is 15.8 Å². The van der Waals surface area contributed by atoms with Crippen molar-refractivity contribution in [2.45, 2.75) is 6.92 Å². The monoisotopic (exact) mass is 341 g/mol. The summed E-state index contributed by atoms with van der Waals surface area (Å²) in [7, 11) is 0. The van der Waals surface area contributed by atoms with Crippen LogP contribution in [-0.2, 0) is 0 Å². The number of rotatable bonds is 4. The van der Waals surface area contributed by atoms with Gasteiger partial charge in [0.05, 0.1) is 16.3 Å². The van der Waals surface area contributed by atoms with Crippen LogP contribution in [0.15, 0.2) is 39.9 Å². The number of hydrogen-bond acceptors (Lipinski definition) is 3. The van der Waals surface area contributed by atoms with E-state index in [1.807, 2.05) is 25.1 Å². The van der Waals surface area contributed by atoms with Gasteiger partial charge in [-0.2, -0.15) is 5.10 Å². The quantitative estimate of drug-likeness (QED) is 0.500. The van der Waals surface area contributed by atoms with Crippen molar-refractivity contribution in [1.82, 2.24) is 10.7 Å². The zero-order valence-corrected chi connectivity index (χ0v) is 13.5. The Morgan fingerprint density at radius 1 is 1.33 bits per heavy atom. The second-order valence-electron chi connectivity index (χ2n) is 4.03. The Balaban J connectivity index is 2.10. The Morgan fingerprint density at radius 2 is 2.14 bits per heavy atom. The molecule has 2 aromatic rings. The van der Waals surface area contributed by atoms with Crippen molar-refractivity contribution in [3.8, 4) is 11.3 Å². The first kappa shape index (κ1) is 15.8. The summed E-state index contributed by atoms with van der Waals surface area (Å²) in [5.74, 6) is 1.20. The van der Waals surface area contributed by atoms with E-state index >= 15 is 0 Å². The van der Waals surface area contributed by atoms with Crippen LogP contribution < -0.4 is 10.7 Å². The van der Waals surface area contributed by atoms with E-state index in [1.54, 1.807) is 12.1 Å². The minimum Gasteiger partial charge on any atom is -0.455 e. The average molecular weight is 342 g/mol. The Labute approximate surface area is 138 Å². The second kappa shape index (κ2) is 7.45. The predicted octanol–water partition coefficient (Wildman–Crippen LogP) is 4.07. The first-order valence-corrected chi connectivity index (χ1v) is 7.39. The van der Waals surface area contributed by atoms with E-state index < -0.39 is 0 Å². The molecule has 7 heteroatoms. The normalized spacial score (nSPS) is 10.8. The highest BCUT2D eigenvalue weighted by Gasteiger charge is 2.10. The number of hydrogen-bond donors (Lipinski definition) is 2. The highest BCUT2D eigenvalue weighted by Crippen LogP contribution is 2.33. The van der Waals surface area contributed by atoms with E-state index in [9.17, 15) is 0 Å². The molecule has 1 aromatic heterocycles. The van der Waals surface area contributed by atoms with Crippen LogP contribution in [0.25, 0.3) is 11.3 Å². The van der Waals surface area contributed by atoms with Gasteiger partial charge in [0.2, 0.25) is 0 Å². The highest BCUT2D eigenvalue weighted by molar-refractivity contribution is 7.80. The first-order valence-electron chi connectivity index (χ1n) is 6.23. The van der Waals surface area contributed by atoms with Gasteiger partial charge in [0, 0.05) is 12.1 Å². The van der Waals surface area contributed by atoms with Gasteiger partial charge in [-0.05, 0) is 43.4 Å². The van der Waals surface area contributed by atoms with Gasteiger partial charge in [-0.3, -0.25) is 5.43 Å². The van der Waals surface area contributed by atoms with Gasteiger partial charge in [0.15, 0.2) is 5.11 Å². The number of thiocarbonyl (C=S) groups is 1. The predicted molar refractivity (Wildman–Crippen MR) is 91.2 cm³/mol. The largest absolute Gasteiger partial charge is 0.455 e. The van der Waals surface area contributed by atoms with Crippen LogP contribution in [0.4, 0.5) is 0 Å². The highest BCUT2D eigenvalue weighted by atomic mass is 35.5. The van der Waals surface area contributed by atoms with Gasteiger partial charge >= 0.3 is 0 Å². The van der Waals surface area contributed by atoms with Crippen LogP contribution in [0, 0.1) is 0 Å². The van der Waals surface area contributed by atoms with Gasteiger partial charge in [-0.1, -0.05) is 29.3 Å². The third-order valence-corrected chi connectivity index (χ3v) is 3.59. The lowest BCUT2D eigenvalue weighted by molar-refractivity contribution is 0.574. The molecule has 0 spiro atoms. The fourth-order valence-electron chi connectivity index (χ4n) is 1.62. The summed E-state index contributed by atoms with van der Waals surface area (Å²) in [6, 6.07) is 8.97. The molecule has 1 heterocycles. The van der Waals surface area contributed by atoms with Crippen LogP contribution in [0.2, 0.25) is 10.0 Å². The lowest BCUT2D eigenvalue weighted by Crippen LogP contribution is -2.31. The van der Waals surface area contributed by atoms with Crippen LogP contribution >= 0.6 is 35.4 Å². The minimum absolute atomic E-state index is 0.457. The fourth-order valence-corrected chi connectivity index (χ4v) is 2.21. The van der Waals surface area contributed by atoms with E-state index in [1.165, 1.54) is 6.21 Å². The standard InChI is InChI=1S/C14H13Cl2N3OS/c1-2-17-14(21)19-18-8-9-6-7-12(20-9)10-4-3-5-11(15)13(10)16/h3-8H,2H2,1H3,(H2,17,19,21)/b18-8+. The van der Waals surface area contributed by atoms with Crippen LogP contribution in [-0.4, -0.2) is 17.9 Å². The van der Waals surface area contributed by atoms with E-state index in [0.717, 1.165) is 12.1 Å². The maximum atomic E-state index is 6.15. The molecule has 1 aromatic carbocycles. The molecular weight excluding hydrogens is 329 g/mol. The van der Waals surface area contributed by atoms with Crippen molar-refractivity contribution in [2.75, 3.05) is 6.54 Å². The van der Waals surface area contributed by atoms with Gasteiger partial charge in [0.25, 0.3) is 0 Å². The minimum atomic E-state index is 0.457. The average Bonchev–Trinajstić information content (AvgIpc) is 2.91. The molecule has 110 valence electrons. The van der Waals surface area contributed by atoms with Crippen LogP contribution in [0.1, 0.15) is 12.7 Å². The van der Waals surface area contributed by atoms with Gasteiger partial charge in [-0.25, -0.2) is 0 Å². The number of nitrogens with zero attached hydrogens (tertiary/aromatic N) is 1. The van der Waals surface area contributed by atoms with Gasteiger partial charge in [0.1, 0.15) is 11.5 Å². The smallest absolute Gasteiger partial charge is 0.186 e. The molecular formula is C14H13Cl2N3OS. The summed E-state index contributed by atoms with van der Waals surface area (Å²) < 4.78 is 5.65. The summed E-state index contributed by atoms with van der Waals surface area (Å²) >= 11 is 17.1. The molecule has 4 nitrogen and oxygen atoms in total. The molecule has 0 aliphatic heterocycles. The lowest BCUT2D eigenvalue weighted by atomic mass is 10.2. The molecule has 0 aliphatic carbocycles. The molecule has 0 unspecified atom stereocenters. The van der Waals surface area contributed by atoms with Crippen molar-refractivity contribution in [3.05, 3.63) is 46.1 Å². The van der Waals surface area contributed by atoms with E-state index in [-0.39, 0.29) is 0 Å². The molecule has 2 N–H and O–H groups in total. The lowest BCUT2D eigenvalue weighted by Gasteiger charge is -2.02. The molecule has 0 saturated heterocycles. The van der Waals surface area contributed by atoms with Crippen molar-refractivity contribution in [1.29, 1.82) is 0 Å². The molecule has 0 fully saturated rings. The third-order valence-electron chi connectivity index (χ3n) is 2.54. The number of nitrogens with one attached hydrogen (secondary N) is 2. The van der Waals surface area contributed by atoms with Crippen molar-refractivity contribution in [3.63, 3.8) is 0 Å². The molecule has 0 saturated carbocycles. The molecule has 21 heavy (non-hydrogen) atoms. The Hall–Kier alpha value is -1.56. The number of hydrazone groups is 1. The number of furan rings is 1. The third kappa shape index (κ3) is 4.20. The maximum Gasteiger partial charge on any atom is 0.186 e. The first-order chi connectivity index (χ1) is 10.1. The molecule has 2 rings (SSSR count). The Kier molecular flexibility index (Phi) is 5.61. The summed E-state index contributed by atoms with van der Waals surface area (Å²) in [4.78, 5) is 0. The zero-order chi connectivity index (χ0) is 15.2.